The zero-order valence-corrected chi connectivity index (χ0v) is 11.7. The lowest BCUT2D eigenvalue weighted by Crippen LogP contribution is -2.55. The molecule has 2 aliphatic rings. The third kappa shape index (κ3) is 2.18. The Kier molecular flexibility index (Phi) is 3.39. The van der Waals surface area contributed by atoms with E-state index in [1.807, 2.05) is 0 Å². The van der Waals surface area contributed by atoms with E-state index in [2.05, 4.69) is 0 Å². The van der Waals surface area contributed by atoms with Crippen LogP contribution in [0.4, 0.5) is 13.2 Å². The number of ether oxygens (including phenoxy) is 1. The highest BCUT2D eigenvalue weighted by Crippen LogP contribution is 2.57. The Labute approximate surface area is 121 Å². The Morgan fingerprint density at radius 3 is 2.40 bits per heavy atom. The van der Waals surface area contributed by atoms with Gasteiger partial charge in [0.2, 0.25) is 0 Å². The molecule has 0 N–H and O–H groups in total. The van der Waals surface area contributed by atoms with E-state index in [0.29, 0.717) is 6.42 Å². The van der Waals surface area contributed by atoms with Crippen LogP contribution in [0.5, 0.6) is 5.75 Å². The zero-order valence-electron chi connectivity index (χ0n) is 10.9. The lowest BCUT2D eigenvalue weighted by atomic mass is 9.64. The summed E-state index contributed by atoms with van der Waals surface area (Å²) >= 11 is 6.30. The van der Waals surface area contributed by atoms with Gasteiger partial charge in [0.05, 0.1) is 5.56 Å². The molecule has 20 heavy (non-hydrogen) atoms. The molecule has 0 radical (unpaired) electrons. The van der Waals surface area contributed by atoms with Crippen LogP contribution in [-0.4, -0.2) is 11.5 Å². The molecule has 0 amide bonds. The highest BCUT2D eigenvalue weighted by atomic mass is 35.5. The molecule has 1 spiro atoms. The monoisotopic (exact) mass is 304 g/mol. The van der Waals surface area contributed by atoms with Crippen molar-refractivity contribution in [1.82, 2.24) is 0 Å². The first-order valence-corrected chi connectivity index (χ1v) is 7.34. The number of hydrogen-bond donors (Lipinski definition) is 0. The number of hydrogen-bond acceptors (Lipinski definition) is 1. The van der Waals surface area contributed by atoms with E-state index in [9.17, 15) is 13.2 Å². The Hall–Kier alpha value is -0.900. The first kappa shape index (κ1) is 14.1. The number of halogens is 4. The number of rotatable bonds is 2. The lowest BCUT2D eigenvalue weighted by molar-refractivity contribution is -0.141. The summed E-state index contributed by atoms with van der Waals surface area (Å²) in [5, 5.41) is 0.0352. The van der Waals surface area contributed by atoms with Gasteiger partial charge >= 0.3 is 6.18 Å². The lowest BCUT2D eigenvalue weighted by Gasteiger charge is -2.51. The molecule has 2 saturated carbocycles. The van der Waals surface area contributed by atoms with E-state index < -0.39 is 11.7 Å². The largest absolute Gasteiger partial charge is 0.489 e. The summed E-state index contributed by atoms with van der Waals surface area (Å²) in [4.78, 5) is 0. The average Bonchev–Trinajstić information content (AvgIpc) is 2.90. The first-order valence-electron chi connectivity index (χ1n) is 6.90. The minimum Gasteiger partial charge on any atom is -0.489 e. The molecule has 110 valence electrons. The van der Waals surface area contributed by atoms with Crippen LogP contribution in [-0.2, 0) is 6.18 Å². The third-order valence-corrected chi connectivity index (χ3v) is 5.29. The van der Waals surface area contributed by atoms with Crippen molar-refractivity contribution in [3.05, 3.63) is 29.8 Å². The quantitative estimate of drug-likeness (QED) is 0.697. The standard InChI is InChI=1S/C15H16ClF3O/c16-12-9-13(14(12)7-3-4-8-14)20-11-6-2-1-5-10(11)15(17,18)19/h1-2,5-6,12-13H,3-4,7-9H2. The Bertz CT molecular complexity index is 494. The van der Waals surface area contributed by atoms with Gasteiger partial charge in [-0.1, -0.05) is 25.0 Å². The van der Waals surface area contributed by atoms with E-state index in [-0.39, 0.29) is 22.6 Å². The Morgan fingerprint density at radius 2 is 1.80 bits per heavy atom. The van der Waals surface area contributed by atoms with Gasteiger partial charge in [0.15, 0.2) is 0 Å². The van der Waals surface area contributed by atoms with E-state index in [1.165, 1.54) is 12.1 Å². The van der Waals surface area contributed by atoms with Crippen LogP contribution in [0.3, 0.4) is 0 Å². The zero-order chi connectivity index (χ0) is 14.4. The van der Waals surface area contributed by atoms with E-state index in [4.69, 9.17) is 16.3 Å². The minimum atomic E-state index is -4.39. The maximum absolute atomic E-state index is 13.0. The van der Waals surface area contributed by atoms with Gasteiger partial charge in [-0.2, -0.15) is 13.2 Å². The normalized spacial score (nSPS) is 28.4. The Balaban J connectivity index is 1.83. The van der Waals surface area contributed by atoms with Crippen LogP contribution < -0.4 is 4.74 Å². The number of para-hydroxylation sites is 1. The fourth-order valence-electron chi connectivity index (χ4n) is 3.49. The molecule has 0 aromatic heterocycles. The molecule has 0 heterocycles. The molecule has 1 aromatic carbocycles. The average molecular weight is 305 g/mol. The van der Waals surface area contributed by atoms with Crippen LogP contribution in [0, 0.1) is 5.41 Å². The summed E-state index contributed by atoms with van der Waals surface area (Å²) in [6.07, 6.45) is 0.154. The van der Waals surface area contributed by atoms with Crippen LogP contribution in [0.15, 0.2) is 24.3 Å². The van der Waals surface area contributed by atoms with Gasteiger partial charge in [-0.05, 0) is 25.0 Å². The second-order valence-corrected chi connectivity index (χ2v) is 6.27. The van der Waals surface area contributed by atoms with Crippen molar-refractivity contribution in [2.45, 2.75) is 49.8 Å². The van der Waals surface area contributed by atoms with Gasteiger partial charge in [0.1, 0.15) is 11.9 Å². The molecule has 2 unspecified atom stereocenters. The molecule has 1 aromatic rings. The summed E-state index contributed by atoms with van der Waals surface area (Å²) in [5.41, 5.74) is -0.813. The molecule has 0 bridgehead atoms. The summed E-state index contributed by atoms with van der Waals surface area (Å²) in [6.45, 7) is 0. The van der Waals surface area contributed by atoms with Crippen molar-refractivity contribution in [3.8, 4) is 5.75 Å². The predicted octanol–water partition coefficient (Wildman–Crippen LogP) is 5.02. The van der Waals surface area contributed by atoms with Crippen molar-refractivity contribution in [2.24, 2.45) is 5.41 Å². The second-order valence-electron chi connectivity index (χ2n) is 5.74. The fraction of sp³-hybridized carbons (Fsp3) is 0.600. The highest BCUT2D eigenvalue weighted by Gasteiger charge is 2.57. The summed E-state index contributed by atoms with van der Waals surface area (Å²) in [5.74, 6) is -0.0696. The smallest absolute Gasteiger partial charge is 0.419 e. The summed E-state index contributed by atoms with van der Waals surface area (Å²) in [6, 6.07) is 5.41. The van der Waals surface area contributed by atoms with Gasteiger partial charge in [0, 0.05) is 17.2 Å². The molecular formula is C15H16ClF3O. The molecule has 2 atom stereocenters. The maximum Gasteiger partial charge on any atom is 0.419 e. The van der Waals surface area contributed by atoms with Crippen molar-refractivity contribution in [1.29, 1.82) is 0 Å². The summed E-state index contributed by atoms with van der Waals surface area (Å²) < 4.78 is 44.6. The Morgan fingerprint density at radius 1 is 1.15 bits per heavy atom. The number of benzene rings is 1. The SMILES string of the molecule is FC(F)(F)c1ccccc1OC1CC(Cl)C12CCCC2. The highest BCUT2D eigenvalue weighted by molar-refractivity contribution is 6.21. The van der Waals surface area contributed by atoms with Crippen LogP contribution >= 0.6 is 11.6 Å². The minimum absolute atomic E-state index is 0.0352. The van der Waals surface area contributed by atoms with Gasteiger partial charge in [0.25, 0.3) is 0 Å². The van der Waals surface area contributed by atoms with Crippen molar-refractivity contribution >= 4 is 11.6 Å². The molecule has 2 aliphatic carbocycles. The molecule has 3 rings (SSSR count). The van der Waals surface area contributed by atoms with Crippen molar-refractivity contribution in [3.63, 3.8) is 0 Å². The van der Waals surface area contributed by atoms with E-state index >= 15 is 0 Å². The van der Waals surface area contributed by atoms with Crippen molar-refractivity contribution < 1.29 is 17.9 Å². The van der Waals surface area contributed by atoms with Crippen LogP contribution in [0.2, 0.25) is 0 Å². The molecular weight excluding hydrogens is 289 g/mol. The van der Waals surface area contributed by atoms with E-state index in [0.717, 1.165) is 31.7 Å². The molecule has 0 aliphatic heterocycles. The molecule has 5 heteroatoms. The predicted molar refractivity (Wildman–Crippen MR) is 71.0 cm³/mol. The summed E-state index contributed by atoms with van der Waals surface area (Å²) in [7, 11) is 0. The van der Waals surface area contributed by atoms with Gasteiger partial charge in [-0.15, -0.1) is 11.6 Å². The van der Waals surface area contributed by atoms with Gasteiger partial charge in [-0.25, -0.2) is 0 Å². The maximum atomic E-state index is 13.0. The third-order valence-electron chi connectivity index (χ3n) is 4.68. The van der Waals surface area contributed by atoms with Gasteiger partial charge < -0.3 is 4.74 Å². The van der Waals surface area contributed by atoms with Crippen molar-refractivity contribution in [2.75, 3.05) is 0 Å². The van der Waals surface area contributed by atoms with E-state index in [1.54, 1.807) is 6.07 Å². The fourth-order valence-corrected chi connectivity index (χ4v) is 4.01. The second kappa shape index (κ2) is 4.83. The van der Waals surface area contributed by atoms with Crippen LogP contribution in [0.1, 0.15) is 37.7 Å². The first-order chi connectivity index (χ1) is 9.43. The molecule has 1 nitrogen and oxygen atoms in total. The topological polar surface area (TPSA) is 9.23 Å². The molecule has 0 saturated heterocycles. The van der Waals surface area contributed by atoms with Crippen LogP contribution in [0.25, 0.3) is 0 Å². The van der Waals surface area contributed by atoms with Gasteiger partial charge in [-0.3, -0.25) is 0 Å². The molecule has 2 fully saturated rings. The number of alkyl halides is 4.